The molecule has 2 aliphatic rings. The van der Waals surface area contributed by atoms with Gasteiger partial charge in [-0.3, -0.25) is 0 Å². The van der Waals surface area contributed by atoms with E-state index in [4.69, 9.17) is 18.9 Å². The Kier molecular flexibility index (Phi) is 6.06. The van der Waals surface area contributed by atoms with E-state index in [9.17, 15) is 0 Å². The van der Waals surface area contributed by atoms with Crippen LogP contribution in [0.25, 0.3) is 0 Å². The molecule has 2 saturated heterocycles. The van der Waals surface area contributed by atoms with Crippen molar-refractivity contribution in [1.82, 2.24) is 0 Å². The summed E-state index contributed by atoms with van der Waals surface area (Å²) in [5.41, 5.74) is 1.33. The summed E-state index contributed by atoms with van der Waals surface area (Å²) in [5.74, 6) is -0.808. The maximum Gasteiger partial charge on any atom is 0.163 e. The van der Waals surface area contributed by atoms with Crippen molar-refractivity contribution in [2.75, 3.05) is 13.2 Å². The highest BCUT2D eigenvalue weighted by Crippen LogP contribution is 2.27. The Morgan fingerprint density at radius 2 is 1.27 bits per heavy atom. The van der Waals surface area contributed by atoms with Crippen molar-refractivity contribution < 1.29 is 18.9 Å². The lowest BCUT2D eigenvalue weighted by Crippen LogP contribution is -2.21. The van der Waals surface area contributed by atoms with Crippen molar-refractivity contribution >= 4 is 0 Å². The Morgan fingerprint density at radius 1 is 0.864 bits per heavy atom. The van der Waals surface area contributed by atoms with Gasteiger partial charge in [-0.15, -0.1) is 0 Å². The molecule has 0 N–H and O–H groups in total. The number of hydrogen-bond acceptors (Lipinski definition) is 4. The standard InChI is InChI=1S/C18H32O4/c1-14(8-6-10-15-12-19-17(2,3)21-15)9-7-11-16-13-20-18(4,5)22-16/h15-16H,1,6-13H2,2-5H3/t15-,16-/m0/s1. The zero-order valence-electron chi connectivity index (χ0n) is 14.7. The van der Waals surface area contributed by atoms with E-state index in [1.807, 2.05) is 27.7 Å². The van der Waals surface area contributed by atoms with Gasteiger partial charge in [0.05, 0.1) is 25.4 Å². The minimum Gasteiger partial charge on any atom is -0.348 e. The van der Waals surface area contributed by atoms with Crippen LogP contribution in [-0.2, 0) is 18.9 Å². The zero-order valence-corrected chi connectivity index (χ0v) is 14.7. The molecule has 4 heteroatoms. The van der Waals surface area contributed by atoms with E-state index >= 15 is 0 Å². The third-order valence-corrected chi connectivity index (χ3v) is 4.25. The molecular weight excluding hydrogens is 280 g/mol. The van der Waals surface area contributed by atoms with Gasteiger partial charge < -0.3 is 18.9 Å². The monoisotopic (exact) mass is 312 g/mol. The lowest BCUT2D eigenvalue weighted by molar-refractivity contribution is -0.139. The van der Waals surface area contributed by atoms with Crippen LogP contribution in [0.1, 0.15) is 66.2 Å². The number of ether oxygens (including phenoxy) is 4. The summed E-state index contributed by atoms with van der Waals surface area (Å²) < 4.78 is 22.8. The Bertz CT molecular complexity index is 341. The highest BCUT2D eigenvalue weighted by molar-refractivity contribution is 4.94. The van der Waals surface area contributed by atoms with E-state index in [0.29, 0.717) is 13.2 Å². The Hall–Kier alpha value is -0.420. The van der Waals surface area contributed by atoms with Crippen LogP contribution in [0.2, 0.25) is 0 Å². The number of allylic oxidation sites excluding steroid dienone is 1. The second-order valence-corrected chi connectivity index (χ2v) is 7.44. The van der Waals surface area contributed by atoms with Gasteiger partial charge in [0.2, 0.25) is 0 Å². The molecule has 0 spiro atoms. The highest BCUT2D eigenvalue weighted by Gasteiger charge is 2.32. The zero-order chi connectivity index (χ0) is 16.2. The Balaban J connectivity index is 1.50. The van der Waals surface area contributed by atoms with Crippen molar-refractivity contribution in [2.24, 2.45) is 0 Å². The average molecular weight is 312 g/mol. The van der Waals surface area contributed by atoms with E-state index in [-0.39, 0.29) is 12.2 Å². The van der Waals surface area contributed by atoms with Crippen LogP contribution in [0.3, 0.4) is 0 Å². The van der Waals surface area contributed by atoms with Crippen LogP contribution in [0.4, 0.5) is 0 Å². The van der Waals surface area contributed by atoms with Crippen molar-refractivity contribution in [3.63, 3.8) is 0 Å². The maximum absolute atomic E-state index is 5.82. The fourth-order valence-electron chi connectivity index (χ4n) is 3.10. The lowest BCUT2D eigenvalue weighted by atomic mass is 10.0. The first-order chi connectivity index (χ1) is 10.3. The molecule has 0 aliphatic carbocycles. The molecule has 22 heavy (non-hydrogen) atoms. The van der Waals surface area contributed by atoms with Gasteiger partial charge >= 0.3 is 0 Å². The van der Waals surface area contributed by atoms with Crippen LogP contribution in [-0.4, -0.2) is 37.0 Å². The quantitative estimate of drug-likeness (QED) is 0.630. The van der Waals surface area contributed by atoms with Crippen LogP contribution < -0.4 is 0 Å². The molecule has 0 bridgehead atoms. The van der Waals surface area contributed by atoms with Gasteiger partial charge in [0, 0.05) is 0 Å². The molecule has 2 heterocycles. The molecule has 0 radical (unpaired) electrons. The summed E-state index contributed by atoms with van der Waals surface area (Å²) in [4.78, 5) is 0. The second-order valence-electron chi connectivity index (χ2n) is 7.44. The average Bonchev–Trinajstić information content (AvgIpc) is 2.92. The predicted octanol–water partition coefficient (Wildman–Crippen LogP) is 4.19. The first-order valence-corrected chi connectivity index (χ1v) is 8.56. The predicted molar refractivity (Wildman–Crippen MR) is 86.7 cm³/mol. The van der Waals surface area contributed by atoms with E-state index in [2.05, 4.69) is 6.58 Å². The molecular formula is C18H32O4. The van der Waals surface area contributed by atoms with E-state index in [1.165, 1.54) is 5.57 Å². The molecule has 2 aliphatic heterocycles. The van der Waals surface area contributed by atoms with Gasteiger partial charge in [-0.1, -0.05) is 12.2 Å². The van der Waals surface area contributed by atoms with Gasteiger partial charge in [0.25, 0.3) is 0 Å². The van der Waals surface area contributed by atoms with Crippen LogP contribution >= 0.6 is 0 Å². The summed E-state index contributed by atoms with van der Waals surface area (Å²) in [6.45, 7) is 13.5. The molecule has 0 aromatic carbocycles. The molecule has 0 aromatic rings. The van der Waals surface area contributed by atoms with Gasteiger partial charge in [-0.25, -0.2) is 0 Å². The summed E-state index contributed by atoms with van der Waals surface area (Å²) in [7, 11) is 0. The molecule has 0 saturated carbocycles. The first kappa shape index (κ1) is 17.9. The van der Waals surface area contributed by atoms with E-state index in [1.54, 1.807) is 0 Å². The number of rotatable bonds is 8. The molecule has 2 fully saturated rings. The smallest absolute Gasteiger partial charge is 0.163 e. The van der Waals surface area contributed by atoms with E-state index < -0.39 is 11.6 Å². The van der Waals surface area contributed by atoms with Gasteiger partial charge in [0.15, 0.2) is 11.6 Å². The first-order valence-electron chi connectivity index (χ1n) is 8.56. The molecule has 4 nitrogen and oxygen atoms in total. The van der Waals surface area contributed by atoms with Crippen molar-refractivity contribution in [3.05, 3.63) is 12.2 Å². The third-order valence-electron chi connectivity index (χ3n) is 4.25. The molecule has 0 aromatic heterocycles. The SMILES string of the molecule is C=C(CCC[C@H]1COC(C)(C)O1)CCC[C@H]1COC(C)(C)O1. The minimum atomic E-state index is -0.404. The van der Waals surface area contributed by atoms with Gasteiger partial charge in [-0.05, 0) is 66.2 Å². The summed E-state index contributed by atoms with van der Waals surface area (Å²) in [5, 5.41) is 0. The Morgan fingerprint density at radius 3 is 1.59 bits per heavy atom. The highest BCUT2D eigenvalue weighted by atomic mass is 16.7. The van der Waals surface area contributed by atoms with E-state index in [0.717, 1.165) is 38.5 Å². The van der Waals surface area contributed by atoms with Crippen molar-refractivity contribution in [3.8, 4) is 0 Å². The maximum atomic E-state index is 5.82. The minimum absolute atomic E-state index is 0.245. The van der Waals surface area contributed by atoms with Gasteiger partial charge in [-0.2, -0.15) is 0 Å². The number of hydrogen-bond donors (Lipinski definition) is 0. The van der Waals surface area contributed by atoms with Gasteiger partial charge in [0.1, 0.15) is 0 Å². The summed E-state index contributed by atoms with van der Waals surface area (Å²) in [6.07, 6.45) is 7.00. The van der Waals surface area contributed by atoms with Crippen molar-refractivity contribution in [1.29, 1.82) is 0 Å². The fraction of sp³-hybridized carbons (Fsp3) is 0.889. The second kappa shape index (κ2) is 7.43. The largest absolute Gasteiger partial charge is 0.348 e. The third kappa shape index (κ3) is 5.99. The molecule has 0 amide bonds. The Labute approximate surface area is 135 Å². The topological polar surface area (TPSA) is 36.9 Å². The van der Waals surface area contributed by atoms with Crippen LogP contribution in [0, 0.1) is 0 Å². The molecule has 0 unspecified atom stereocenters. The van der Waals surface area contributed by atoms with Crippen molar-refractivity contribution in [2.45, 2.75) is 90.0 Å². The van der Waals surface area contributed by atoms with Crippen LogP contribution in [0.15, 0.2) is 12.2 Å². The normalized spacial score (nSPS) is 29.8. The molecule has 2 rings (SSSR count). The summed E-state index contributed by atoms with van der Waals surface area (Å²) >= 11 is 0. The van der Waals surface area contributed by atoms with Crippen LogP contribution in [0.5, 0.6) is 0 Å². The fourth-order valence-corrected chi connectivity index (χ4v) is 3.10. The summed E-state index contributed by atoms with van der Waals surface area (Å²) in [6, 6.07) is 0. The lowest BCUT2D eigenvalue weighted by Gasteiger charge is -2.17. The molecule has 2 atom stereocenters. The molecule has 128 valence electrons.